The second-order valence-corrected chi connectivity index (χ2v) is 7.19. The van der Waals surface area contributed by atoms with Gasteiger partial charge in [-0.2, -0.15) is 5.10 Å². The number of nitrogens with zero attached hydrogens (tertiary/aromatic N) is 4. The summed E-state index contributed by atoms with van der Waals surface area (Å²) in [5, 5.41) is 11.2. The smallest absolute Gasteiger partial charge is 0.246 e. The van der Waals surface area contributed by atoms with E-state index >= 15 is 0 Å². The second-order valence-electron chi connectivity index (χ2n) is 6.83. The zero-order chi connectivity index (χ0) is 21.7. The minimum Gasteiger partial charge on any atom is -0.360 e. The molecular formula is C21H22ClN5O3. The van der Waals surface area contributed by atoms with E-state index in [2.05, 4.69) is 15.6 Å². The highest BCUT2D eigenvalue weighted by atomic mass is 35.5. The maximum absolute atomic E-state index is 12.4. The molecule has 3 aromatic rings. The van der Waals surface area contributed by atoms with Gasteiger partial charge in [-0.05, 0) is 25.5 Å². The normalized spacial score (nSPS) is 11.1. The number of aryl methyl sites for hydroxylation is 2. The number of amides is 2. The molecule has 0 saturated carbocycles. The molecule has 0 unspecified atom stereocenters. The number of anilines is 1. The molecule has 0 spiro atoms. The van der Waals surface area contributed by atoms with E-state index in [4.69, 9.17) is 16.1 Å². The van der Waals surface area contributed by atoms with E-state index in [1.165, 1.54) is 18.0 Å². The molecule has 2 amide bonds. The highest BCUT2D eigenvalue weighted by Gasteiger charge is 2.15. The predicted octanol–water partition coefficient (Wildman–Crippen LogP) is 3.30. The van der Waals surface area contributed by atoms with Crippen molar-refractivity contribution in [2.45, 2.75) is 20.4 Å². The van der Waals surface area contributed by atoms with Crippen LogP contribution in [-0.2, 0) is 16.1 Å². The number of aromatic nitrogens is 3. The van der Waals surface area contributed by atoms with Crippen LogP contribution in [0.1, 0.15) is 22.6 Å². The van der Waals surface area contributed by atoms with Gasteiger partial charge in [0.2, 0.25) is 11.8 Å². The largest absolute Gasteiger partial charge is 0.360 e. The molecule has 0 aliphatic carbocycles. The van der Waals surface area contributed by atoms with E-state index < -0.39 is 0 Å². The van der Waals surface area contributed by atoms with E-state index in [1.54, 1.807) is 23.7 Å². The minimum atomic E-state index is -0.377. The van der Waals surface area contributed by atoms with Crippen LogP contribution in [0.15, 0.2) is 47.0 Å². The highest BCUT2D eigenvalue weighted by molar-refractivity contribution is 6.31. The lowest BCUT2D eigenvalue weighted by Gasteiger charge is -2.13. The molecule has 2 heterocycles. The van der Waals surface area contributed by atoms with E-state index in [0.29, 0.717) is 34.5 Å². The van der Waals surface area contributed by atoms with Crippen molar-refractivity contribution in [1.82, 2.24) is 19.8 Å². The van der Waals surface area contributed by atoms with Crippen LogP contribution in [0.25, 0.3) is 6.08 Å². The summed E-state index contributed by atoms with van der Waals surface area (Å²) in [5.41, 5.74) is 2.44. The number of likely N-dealkylation sites (N-methyl/N-ethyl adjacent to an activating group) is 1. The van der Waals surface area contributed by atoms with Gasteiger partial charge < -0.3 is 14.7 Å². The van der Waals surface area contributed by atoms with Crippen LogP contribution in [0.2, 0.25) is 5.15 Å². The molecule has 0 atom stereocenters. The van der Waals surface area contributed by atoms with Crippen molar-refractivity contribution < 1.29 is 14.1 Å². The third-order valence-corrected chi connectivity index (χ3v) is 4.73. The summed E-state index contributed by atoms with van der Waals surface area (Å²) in [7, 11) is 1.54. The Morgan fingerprint density at radius 2 is 2.00 bits per heavy atom. The number of benzene rings is 1. The second kappa shape index (κ2) is 9.41. The van der Waals surface area contributed by atoms with Crippen LogP contribution in [-0.4, -0.2) is 45.2 Å². The van der Waals surface area contributed by atoms with Gasteiger partial charge in [0.1, 0.15) is 10.9 Å². The van der Waals surface area contributed by atoms with Gasteiger partial charge >= 0.3 is 0 Å². The summed E-state index contributed by atoms with van der Waals surface area (Å²) < 4.78 is 6.58. The van der Waals surface area contributed by atoms with Crippen LogP contribution in [0.5, 0.6) is 0 Å². The molecule has 8 nitrogen and oxygen atoms in total. The SMILES string of the molecule is Cc1cc(NC(=O)CN(C)C(=O)C=Cc2c(C)nn(Cc3ccccc3)c2Cl)no1. The van der Waals surface area contributed by atoms with Gasteiger partial charge in [0, 0.05) is 24.8 Å². The third kappa shape index (κ3) is 5.36. The van der Waals surface area contributed by atoms with Crippen molar-refractivity contribution in [2.24, 2.45) is 0 Å². The maximum Gasteiger partial charge on any atom is 0.246 e. The zero-order valence-electron chi connectivity index (χ0n) is 16.9. The first-order valence-electron chi connectivity index (χ1n) is 9.26. The standard InChI is InChI=1S/C21H22ClN5O3/c1-14-11-18(25-30-14)23-19(28)13-26(3)20(29)10-9-17-15(2)24-27(21(17)22)12-16-7-5-4-6-8-16/h4-11H,12-13H2,1-3H3,(H,23,25,28). The van der Waals surface area contributed by atoms with Gasteiger partial charge in [0.15, 0.2) is 5.82 Å². The lowest BCUT2D eigenvalue weighted by atomic mass is 10.2. The fourth-order valence-corrected chi connectivity index (χ4v) is 3.10. The molecule has 0 aliphatic rings. The Bertz CT molecular complexity index is 1070. The maximum atomic E-state index is 12.4. The van der Waals surface area contributed by atoms with Crippen LogP contribution in [0.3, 0.4) is 0 Å². The molecule has 1 N–H and O–H groups in total. The topological polar surface area (TPSA) is 93.3 Å². The number of halogens is 1. The molecule has 0 fully saturated rings. The van der Waals surface area contributed by atoms with Crippen molar-refractivity contribution in [3.05, 3.63) is 70.2 Å². The molecule has 2 aromatic heterocycles. The number of carbonyl (C=O) groups is 2. The van der Waals surface area contributed by atoms with Crippen LogP contribution < -0.4 is 5.32 Å². The van der Waals surface area contributed by atoms with Gasteiger partial charge in [-0.1, -0.05) is 47.1 Å². The summed E-state index contributed by atoms with van der Waals surface area (Å²) >= 11 is 6.46. The van der Waals surface area contributed by atoms with Crippen LogP contribution in [0.4, 0.5) is 5.82 Å². The fourth-order valence-electron chi connectivity index (χ4n) is 2.80. The number of rotatable bonds is 7. The van der Waals surface area contributed by atoms with Crippen molar-refractivity contribution in [2.75, 3.05) is 18.9 Å². The van der Waals surface area contributed by atoms with Crippen molar-refractivity contribution in [1.29, 1.82) is 0 Å². The lowest BCUT2D eigenvalue weighted by Crippen LogP contribution is -2.33. The number of hydrogen-bond acceptors (Lipinski definition) is 5. The molecular weight excluding hydrogens is 406 g/mol. The minimum absolute atomic E-state index is 0.130. The summed E-state index contributed by atoms with van der Waals surface area (Å²) in [6.07, 6.45) is 2.99. The molecule has 3 rings (SSSR count). The molecule has 0 bridgehead atoms. The first-order chi connectivity index (χ1) is 14.3. The fraction of sp³-hybridized carbons (Fsp3) is 0.238. The van der Waals surface area contributed by atoms with E-state index in [-0.39, 0.29) is 18.4 Å². The first-order valence-corrected chi connectivity index (χ1v) is 9.64. The van der Waals surface area contributed by atoms with E-state index in [0.717, 1.165) is 5.56 Å². The van der Waals surface area contributed by atoms with Crippen molar-refractivity contribution in [3.63, 3.8) is 0 Å². The van der Waals surface area contributed by atoms with Crippen LogP contribution >= 0.6 is 11.6 Å². The van der Waals surface area contributed by atoms with Gasteiger partial charge in [-0.3, -0.25) is 9.59 Å². The summed E-state index contributed by atoms with van der Waals surface area (Å²) in [6.45, 7) is 3.95. The van der Waals surface area contributed by atoms with Crippen molar-refractivity contribution in [3.8, 4) is 0 Å². The van der Waals surface area contributed by atoms with Gasteiger partial charge in [-0.15, -0.1) is 0 Å². The number of nitrogens with one attached hydrogen (secondary N) is 1. The Kier molecular flexibility index (Phi) is 6.68. The molecule has 9 heteroatoms. The third-order valence-electron chi connectivity index (χ3n) is 4.33. The predicted molar refractivity (Wildman–Crippen MR) is 114 cm³/mol. The van der Waals surface area contributed by atoms with Gasteiger partial charge in [0.05, 0.1) is 18.8 Å². The average Bonchev–Trinajstić information content (AvgIpc) is 3.23. The number of hydrogen-bond donors (Lipinski definition) is 1. The van der Waals surface area contributed by atoms with E-state index in [9.17, 15) is 9.59 Å². The Labute approximate surface area is 179 Å². The number of carbonyl (C=O) groups excluding carboxylic acids is 2. The lowest BCUT2D eigenvalue weighted by molar-refractivity contribution is -0.129. The Hall–Kier alpha value is -3.39. The van der Waals surface area contributed by atoms with Gasteiger partial charge in [0.25, 0.3) is 0 Å². The quantitative estimate of drug-likeness (QED) is 0.584. The van der Waals surface area contributed by atoms with Crippen molar-refractivity contribution >= 4 is 35.3 Å². The average molecular weight is 428 g/mol. The molecule has 1 aromatic carbocycles. The van der Waals surface area contributed by atoms with Crippen LogP contribution in [0, 0.1) is 13.8 Å². The summed E-state index contributed by atoms with van der Waals surface area (Å²) in [4.78, 5) is 25.7. The summed E-state index contributed by atoms with van der Waals surface area (Å²) in [5.74, 6) is 0.171. The Morgan fingerprint density at radius 3 is 2.67 bits per heavy atom. The summed E-state index contributed by atoms with van der Waals surface area (Å²) in [6, 6.07) is 11.4. The molecule has 156 valence electrons. The molecule has 30 heavy (non-hydrogen) atoms. The highest BCUT2D eigenvalue weighted by Crippen LogP contribution is 2.22. The first kappa shape index (κ1) is 21.3. The monoisotopic (exact) mass is 427 g/mol. The zero-order valence-corrected chi connectivity index (χ0v) is 17.7. The van der Waals surface area contributed by atoms with Gasteiger partial charge in [-0.25, -0.2) is 4.68 Å². The Morgan fingerprint density at radius 1 is 1.27 bits per heavy atom. The van der Waals surface area contributed by atoms with E-state index in [1.807, 2.05) is 37.3 Å². The Balaban J connectivity index is 1.61. The molecule has 0 radical (unpaired) electrons. The molecule has 0 aliphatic heterocycles. The molecule has 0 saturated heterocycles.